The number of rotatable bonds is 3. The van der Waals surface area contributed by atoms with E-state index >= 15 is 0 Å². The molecular weight excluding hydrogens is 210 g/mol. The standard InChI is InChI=1S/C11H21NO2S/c1-8(15)10(13)14-11(2,3)9-4-6-12-7-5-9/h8-9,12,15H,4-7H2,1-3H3. The molecule has 1 saturated heterocycles. The Kier molecular flexibility index (Phi) is 4.46. The van der Waals surface area contributed by atoms with Crippen molar-refractivity contribution in [2.75, 3.05) is 13.1 Å². The maximum atomic E-state index is 11.5. The topological polar surface area (TPSA) is 38.3 Å². The highest BCUT2D eigenvalue weighted by Gasteiger charge is 2.34. The molecule has 0 saturated carbocycles. The molecule has 0 radical (unpaired) electrons. The van der Waals surface area contributed by atoms with Crippen LogP contribution in [0.2, 0.25) is 0 Å². The molecule has 1 heterocycles. The van der Waals surface area contributed by atoms with Crippen LogP contribution in [0.15, 0.2) is 0 Å². The van der Waals surface area contributed by atoms with E-state index in [0.29, 0.717) is 5.92 Å². The van der Waals surface area contributed by atoms with Gasteiger partial charge in [-0.15, -0.1) is 0 Å². The first-order valence-electron chi connectivity index (χ1n) is 5.55. The molecule has 0 bridgehead atoms. The smallest absolute Gasteiger partial charge is 0.319 e. The maximum Gasteiger partial charge on any atom is 0.319 e. The van der Waals surface area contributed by atoms with E-state index in [1.165, 1.54) is 0 Å². The molecule has 1 fully saturated rings. The Morgan fingerprint density at radius 3 is 2.47 bits per heavy atom. The number of ether oxygens (including phenoxy) is 1. The minimum absolute atomic E-state index is 0.220. The second-order valence-electron chi connectivity index (χ2n) is 4.72. The molecule has 0 aromatic heterocycles. The van der Waals surface area contributed by atoms with Gasteiger partial charge in [0.2, 0.25) is 0 Å². The molecule has 1 N–H and O–H groups in total. The molecule has 88 valence electrons. The summed E-state index contributed by atoms with van der Waals surface area (Å²) >= 11 is 4.08. The Bertz CT molecular complexity index is 223. The third-order valence-corrected chi connectivity index (χ3v) is 3.24. The predicted molar refractivity (Wildman–Crippen MR) is 64.2 cm³/mol. The van der Waals surface area contributed by atoms with Crippen molar-refractivity contribution < 1.29 is 9.53 Å². The van der Waals surface area contributed by atoms with Gasteiger partial charge in [-0.3, -0.25) is 4.79 Å². The molecule has 0 aromatic carbocycles. The predicted octanol–water partition coefficient (Wildman–Crippen LogP) is 1.63. The van der Waals surface area contributed by atoms with E-state index in [2.05, 4.69) is 17.9 Å². The third-order valence-electron chi connectivity index (χ3n) is 3.03. The SMILES string of the molecule is CC(S)C(=O)OC(C)(C)C1CCNCC1. The molecule has 0 aliphatic carbocycles. The van der Waals surface area contributed by atoms with Gasteiger partial charge in [-0.1, -0.05) is 0 Å². The molecule has 0 aromatic rings. The maximum absolute atomic E-state index is 11.5. The average molecular weight is 231 g/mol. The van der Waals surface area contributed by atoms with Crippen LogP contribution >= 0.6 is 12.6 Å². The summed E-state index contributed by atoms with van der Waals surface area (Å²) < 4.78 is 5.50. The zero-order valence-electron chi connectivity index (χ0n) is 9.75. The Labute approximate surface area is 97.4 Å². The molecular formula is C11H21NO2S. The summed E-state index contributed by atoms with van der Waals surface area (Å²) in [6.07, 6.45) is 2.14. The molecule has 1 rings (SSSR count). The summed E-state index contributed by atoms with van der Waals surface area (Å²) in [5, 5.41) is 2.97. The molecule has 0 spiro atoms. The zero-order chi connectivity index (χ0) is 11.5. The lowest BCUT2D eigenvalue weighted by atomic mass is 9.83. The molecule has 1 aliphatic rings. The number of piperidine rings is 1. The van der Waals surface area contributed by atoms with E-state index in [0.717, 1.165) is 25.9 Å². The number of hydrogen-bond acceptors (Lipinski definition) is 4. The Morgan fingerprint density at radius 1 is 1.47 bits per heavy atom. The van der Waals surface area contributed by atoms with E-state index in [1.54, 1.807) is 6.92 Å². The third kappa shape index (κ3) is 3.68. The van der Waals surface area contributed by atoms with Crippen molar-refractivity contribution >= 4 is 18.6 Å². The zero-order valence-corrected chi connectivity index (χ0v) is 10.6. The van der Waals surface area contributed by atoms with Crippen molar-refractivity contribution in [2.24, 2.45) is 5.92 Å². The van der Waals surface area contributed by atoms with E-state index < -0.39 is 0 Å². The van der Waals surface area contributed by atoms with Crippen molar-refractivity contribution in [3.63, 3.8) is 0 Å². The van der Waals surface area contributed by atoms with Crippen LogP contribution in [0.4, 0.5) is 0 Å². The summed E-state index contributed by atoms with van der Waals surface area (Å²) in [5.41, 5.74) is -0.365. The van der Waals surface area contributed by atoms with E-state index in [9.17, 15) is 4.79 Å². The van der Waals surface area contributed by atoms with E-state index in [4.69, 9.17) is 4.74 Å². The molecule has 3 nitrogen and oxygen atoms in total. The van der Waals surface area contributed by atoms with Crippen molar-refractivity contribution in [3.05, 3.63) is 0 Å². The normalized spacial score (nSPS) is 21.1. The molecule has 1 atom stereocenters. The van der Waals surface area contributed by atoms with Crippen LogP contribution in [-0.2, 0) is 9.53 Å². The fourth-order valence-electron chi connectivity index (χ4n) is 1.94. The van der Waals surface area contributed by atoms with Crippen LogP contribution in [0.1, 0.15) is 33.6 Å². The summed E-state index contributed by atoms with van der Waals surface area (Å²) in [5.74, 6) is 0.233. The van der Waals surface area contributed by atoms with Crippen LogP contribution in [0.3, 0.4) is 0 Å². The Balaban J connectivity index is 2.52. The monoisotopic (exact) mass is 231 g/mol. The number of esters is 1. The van der Waals surface area contributed by atoms with Gasteiger partial charge in [-0.2, -0.15) is 12.6 Å². The lowest BCUT2D eigenvalue weighted by Crippen LogP contribution is -2.43. The highest BCUT2D eigenvalue weighted by Crippen LogP contribution is 2.29. The lowest BCUT2D eigenvalue weighted by molar-refractivity contribution is -0.161. The first kappa shape index (κ1) is 12.8. The van der Waals surface area contributed by atoms with Crippen molar-refractivity contribution in [1.29, 1.82) is 0 Å². The summed E-state index contributed by atoms with van der Waals surface area (Å²) in [7, 11) is 0. The van der Waals surface area contributed by atoms with Gasteiger partial charge in [0.15, 0.2) is 0 Å². The van der Waals surface area contributed by atoms with Crippen molar-refractivity contribution in [1.82, 2.24) is 5.32 Å². The average Bonchev–Trinajstić information content (AvgIpc) is 2.18. The molecule has 4 heteroatoms. The van der Waals surface area contributed by atoms with Gasteiger partial charge in [-0.25, -0.2) is 0 Å². The summed E-state index contributed by atoms with van der Waals surface area (Å²) in [6, 6.07) is 0. The second-order valence-corrected chi connectivity index (χ2v) is 5.50. The lowest BCUT2D eigenvalue weighted by Gasteiger charge is -2.37. The van der Waals surface area contributed by atoms with Gasteiger partial charge in [0.25, 0.3) is 0 Å². The number of carbonyl (C=O) groups excluding carboxylic acids is 1. The van der Waals surface area contributed by atoms with Gasteiger partial charge in [0.05, 0.1) is 5.25 Å². The van der Waals surface area contributed by atoms with Crippen LogP contribution in [0.25, 0.3) is 0 Å². The van der Waals surface area contributed by atoms with Crippen LogP contribution in [0.5, 0.6) is 0 Å². The second kappa shape index (κ2) is 5.21. The minimum Gasteiger partial charge on any atom is -0.459 e. The Morgan fingerprint density at radius 2 is 2.00 bits per heavy atom. The van der Waals surface area contributed by atoms with Crippen molar-refractivity contribution in [3.8, 4) is 0 Å². The van der Waals surface area contributed by atoms with Gasteiger partial charge in [-0.05, 0) is 46.7 Å². The first-order valence-corrected chi connectivity index (χ1v) is 6.07. The van der Waals surface area contributed by atoms with Gasteiger partial charge in [0.1, 0.15) is 5.60 Å². The van der Waals surface area contributed by atoms with Crippen LogP contribution < -0.4 is 5.32 Å². The first-order chi connectivity index (χ1) is 6.93. The van der Waals surface area contributed by atoms with Gasteiger partial charge >= 0.3 is 5.97 Å². The van der Waals surface area contributed by atoms with E-state index in [-0.39, 0.29) is 16.8 Å². The molecule has 0 amide bonds. The largest absolute Gasteiger partial charge is 0.459 e. The fourth-order valence-corrected chi connectivity index (χ4v) is 2.00. The number of hydrogen-bond donors (Lipinski definition) is 2. The van der Waals surface area contributed by atoms with E-state index in [1.807, 2.05) is 13.8 Å². The summed E-state index contributed by atoms with van der Waals surface area (Å²) in [6.45, 7) is 7.77. The number of thiol groups is 1. The van der Waals surface area contributed by atoms with Crippen LogP contribution in [-0.4, -0.2) is 29.9 Å². The molecule has 1 aliphatic heterocycles. The van der Waals surface area contributed by atoms with Crippen LogP contribution in [0, 0.1) is 5.92 Å². The fraction of sp³-hybridized carbons (Fsp3) is 0.909. The quantitative estimate of drug-likeness (QED) is 0.573. The van der Waals surface area contributed by atoms with Gasteiger partial charge < -0.3 is 10.1 Å². The molecule has 15 heavy (non-hydrogen) atoms. The highest BCUT2D eigenvalue weighted by molar-refractivity contribution is 7.81. The minimum atomic E-state index is -0.365. The molecule has 1 unspecified atom stereocenters. The van der Waals surface area contributed by atoms with Crippen molar-refractivity contribution in [2.45, 2.75) is 44.5 Å². The summed E-state index contributed by atoms with van der Waals surface area (Å²) in [4.78, 5) is 11.5. The number of nitrogens with one attached hydrogen (secondary N) is 1. The van der Waals surface area contributed by atoms with Gasteiger partial charge in [0, 0.05) is 5.92 Å². The Hall–Kier alpha value is -0.220. The highest BCUT2D eigenvalue weighted by atomic mass is 32.1. The number of carbonyl (C=O) groups is 1.